The number of nitrogens with one attached hydrogen (secondary N) is 2. The van der Waals surface area contributed by atoms with Gasteiger partial charge >= 0.3 is 0 Å². The number of hydrogen-bond acceptors (Lipinski definition) is 5. The van der Waals surface area contributed by atoms with E-state index in [0.29, 0.717) is 42.7 Å². The van der Waals surface area contributed by atoms with E-state index in [9.17, 15) is 4.79 Å². The third kappa shape index (κ3) is 3.12. The SMILES string of the molecule is Cc1noc(CNC(=O)CC2CC3CCC(C2)N3)n1. The molecule has 0 radical (unpaired) electrons. The second-order valence-corrected chi connectivity index (χ2v) is 5.69. The van der Waals surface area contributed by atoms with Crippen molar-refractivity contribution in [3.05, 3.63) is 11.7 Å². The van der Waals surface area contributed by atoms with Crippen LogP contribution >= 0.6 is 0 Å². The van der Waals surface area contributed by atoms with Crippen LogP contribution in [0.5, 0.6) is 0 Å². The zero-order chi connectivity index (χ0) is 13.2. The smallest absolute Gasteiger partial charge is 0.246 e. The quantitative estimate of drug-likeness (QED) is 0.845. The van der Waals surface area contributed by atoms with Crippen molar-refractivity contribution in [3.8, 4) is 0 Å². The minimum atomic E-state index is 0.0853. The van der Waals surface area contributed by atoms with Crippen LogP contribution in [0.3, 0.4) is 0 Å². The Hall–Kier alpha value is -1.43. The van der Waals surface area contributed by atoms with Gasteiger partial charge in [0.25, 0.3) is 0 Å². The number of fused-ring (bicyclic) bond motifs is 2. The van der Waals surface area contributed by atoms with Crippen molar-refractivity contribution in [1.82, 2.24) is 20.8 Å². The highest BCUT2D eigenvalue weighted by Gasteiger charge is 2.34. The number of carbonyl (C=O) groups is 1. The molecule has 1 amide bonds. The van der Waals surface area contributed by atoms with Gasteiger partial charge in [-0.15, -0.1) is 0 Å². The molecule has 2 unspecified atom stereocenters. The molecule has 19 heavy (non-hydrogen) atoms. The zero-order valence-corrected chi connectivity index (χ0v) is 11.2. The minimum Gasteiger partial charge on any atom is -0.347 e. The maximum absolute atomic E-state index is 11.9. The lowest BCUT2D eigenvalue weighted by Gasteiger charge is -2.28. The van der Waals surface area contributed by atoms with Gasteiger partial charge in [0.2, 0.25) is 11.8 Å². The van der Waals surface area contributed by atoms with Crippen LogP contribution in [0.15, 0.2) is 4.52 Å². The van der Waals surface area contributed by atoms with Crippen molar-refractivity contribution < 1.29 is 9.32 Å². The molecule has 2 aliphatic heterocycles. The lowest BCUT2D eigenvalue weighted by Crippen LogP contribution is -2.39. The second kappa shape index (κ2) is 5.28. The van der Waals surface area contributed by atoms with Gasteiger partial charge in [0, 0.05) is 18.5 Å². The zero-order valence-electron chi connectivity index (χ0n) is 11.2. The lowest BCUT2D eigenvalue weighted by molar-refractivity contribution is -0.122. The molecule has 2 N–H and O–H groups in total. The molecule has 2 atom stereocenters. The summed E-state index contributed by atoms with van der Waals surface area (Å²) in [5, 5.41) is 10.1. The minimum absolute atomic E-state index is 0.0853. The number of hydrogen-bond donors (Lipinski definition) is 2. The molecule has 0 aromatic carbocycles. The van der Waals surface area contributed by atoms with Gasteiger partial charge in [-0.2, -0.15) is 4.98 Å². The molecule has 2 fully saturated rings. The fourth-order valence-corrected chi connectivity index (χ4v) is 3.26. The molecule has 1 aromatic heterocycles. The highest BCUT2D eigenvalue weighted by atomic mass is 16.5. The molecular formula is C13H20N4O2. The molecule has 2 aliphatic rings. The monoisotopic (exact) mass is 264 g/mol. The molecule has 0 spiro atoms. The van der Waals surface area contributed by atoms with Gasteiger partial charge in [-0.3, -0.25) is 4.79 Å². The van der Waals surface area contributed by atoms with Crippen molar-refractivity contribution in [2.75, 3.05) is 0 Å². The molecule has 0 aliphatic carbocycles. The largest absolute Gasteiger partial charge is 0.347 e. The maximum Gasteiger partial charge on any atom is 0.246 e. The number of piperidine rings is 1. The number of amides is 1. The van der Waals surface area contributed by atoms with Crippen LogP contribution in [0.2, 0.25) is 0 Å². The topological polar surface area (TPSA) is 80.0 Å². The molecule has 2 bridgehead atoms. The molecule has 6 heteroatoms. The summed E-state index contributed by atoms with van der Waals surface area (Å²) in [6, 6.07) is 1.27. The summed E-state index contributed by atoms with van der Waals surface area (Å²) < 4.78 is 4.96. The summed E-state index contributed by atoms with van der Waals surface area (Å²) in [7, 11) is 0. The van der Waals surface area contributed by atoms with Crippen molar-refractivity contribution in [2.45, 2.75) is 57.7 Å². The summed E-state index contributed by atoms with van der Waals surface area (Å²) in [5.41, 5.74) is 0. The summed E-state index contributed by atoms with van der Waals surface area (Å²) in [5.74, 6) is 1.67. The number of rotatable bonds is 4. The van der Waals surface area contributed by atoms with Crippen LogP contribution < -0.4 is 10.6 Å². The van der Waals surface area contributed by atoms with Crippen LogP contribution in [-0.4, -0.2) is 28.1 Å². The van der Waals surface area contributed by atoms with Gasteiger partial charge in [-0.1, -0.05) is 5.16 Å². The van der Waals surface area contributed by atoms with Crippen molar-refractivity contribution in [2.24, 2.45) is 5.92 Å². The third-order valence-electron chi connectivity index (χ3n) is 4.05. The van der Waals surface area contributed by atoms with E-state index in [-0.39, 0.29) is 5.91 Å². The van der Waals surface area contributed by atoms with Crippen molar-refractivity contribution in [1.29, 1.82) is 0 Å². The predicted molar refractivity (Wildman–Crippen MR) is 68.2 cm³/mol. The first-order valence-corrected chi connectivity index (χ1v) is 7.01. The van der Waals surface area contributed by atoms with Gasteiger partial charge in [0.15, 0.2) is 5.82 Å². The van der Waals surface area contributed by atoms with Gasteiger partial charge in [0.1, 0.15) is 0 Å². The van der Waals surface area contributed by atoms with E-state index in [4.69, 9.17) is 4.52 Å². The Morgan fingerprint density at radius 3 is 2.79 bits per heavy atom. The fourth-order valence-electron chi connectivity index (χ4n) is 3.26. The van der Waals surface area contributed by atoms with E-state index in [1.807, 2.05) is 0 Å². The molecule has 6 nitrogen and oxygen atoms in total. The number of aromatic nitrogens is 2. The van der Waals surface area contributed by atoms with E-state index in [1.54, 1.807) is 6.92 Å². The van der Waals surface area contributed by atoms with E-state index < -0.39 is 0 Å². The van der Waals surface area contributed by atoms with Crippen molar-refractivity contribution >= 4 is 5.91 Å². The number of aryl methyl sites for hydroxylation is 1. The van der Waals surface area contributed by atoms with E-state index in [0.717, 1.165) is 12.8 Å². The fraction of sp³-hybridized carbons (Fsp3) is 0.769. The van der Waals surface area contributed by atoms with Crippen LogP contribution in [0.1, 0.15) is 43.8 Å². The summed E-state index contributed by atoms with van der Waals surface area (Å²) >= 11 is 0. The molecule has 1 aromatic rings. The van der Waals surface area contributed by atoms with Crippen LogP contribution in [-0.2, 0) is 11.3 Å². The molecule has 3 heterocycles. The molecule has 0 saturated carbocycles. The standard InChI is InChI=1S/C13H20N4O2/c1-8-15-13(19-17-8)7-14-12(18)6-9-4-10-2-3-11(5-9)16-10/h9-11,16H,2-7H2,1H3,(H,14,18). The van der Waals surface area contributed by atoms with E-state index >= 15 is 0 Å². The lowest BCUT2D eigenvalue weighted by atomic mass is 9.89. The summed E-state index contributed by atoms with van der Waals surface area (Å²) in [6.07, 6.45) is 5.41. The average molecular weight is 264 g/mol. The molecular weight excluding hydrogens is 244 g/mol. The van der Waals surface area contributed by atoms with Gasteiger partial charge in [-0.25, -0.2) is 0 Å². The average Bonchev–Trinajstić information content (AvgIpc) is 2.93. The van der Waals surface area contributed by atoms with Crippen LogP contribution in [0.25, 0.3) is 0 Å². The first kappa shape index (κ1) is 12.6. The summed E-state index contributed by atoms with van der Waals surface area (Å²) in [6.45, 7) is 2.09. The normalized spacial score (nSPS) is 29.4. The Bertz CT molecular complexity index is 447. The highest BCUT2D eigenvalue weighted by molar-refractivity contribution is 5.76. The van der Waals surface area contributed by atoms with Crippen molar-refractivity contribution in [3.63, 3.8) is 0 Å². The highest BCUT2D eigenvalue weighted by Crippen LogP contribution is 2.32. The van der Waals surface area contributed by atoms with E-state index in [2.05, 4.69) is 20.8 Å². The number of carbonyl (C=O) groups excluding carboxylic acids is 1. The molecule has 104 valence electrons. The Labute approximate surface area is 112 Å². The van der Waals surface area contributed by atoms with E-state index in [1.165, 1.54) is 12.8 Å². The van der Waals surface area contributed by atoms with Crippen LogP contribution in [0, 0.1) is 12.8 Å². The Balaban J connectivity index is 1.44. The Kier molecular flexibility index (Phi) is 3.50. The van der Waals surface area contributed by atoms with Gasteiger partial charge < -0.3 is 15.2 Å². The summed E-state index contributed by atoms with van der Waals surface area (Å²) in [4.78, 5) is 16.0. The molecule has 3 rings (SSSR count). The number of nitrogens with zero attached hydrogens (tertiary/aromatic N) is 2. The molecule has 2 saturated heterocycles. The first-order chi connectivity index (χ1) is 9.19. The van der Waals surface area contributed by atoms with Gasteiger partial charge in [0.05, 0.1) is 6.54 Å². The Morgan fingerprint density at radius 1 is 1.42 bits per heavy atom. The first-order valence-electron chi connectivity index (χ1n) is 7.01. The van der Waals surface area contributed by atoms with Gasteiger partial charge in [-0.05, 0) is 38.5 Å². The Morgan fingerprint density at radius 2 is 2.16 bits per heavy atom. The maximum atomic E-state index is 11.9. The third-order valence-corrected chi connectivity index (χ3v) is 4.05. The predicted octanol–water partition coefficient (Wildman–Crippen LogP) is 0.915. The van der Waals surface area contributed by atoms with Crippen LogP contribution in [0.4, 0.5) is 0 Å². The second-order valence-electron chi connectivity index (χ2n) is 5.69.